The lowest BCUT2D eigenvalue weighted by molar-refractivity contribution is 0.661. The van der Waals surface area contributed by atoms with Crippen LogP contribution in [0.15, 0.2) is 83.5 Å². The summed E-state index contributed by atoms with van der Waals surface area (Å²) in [5.74, 6) is 1.01. The molecule has 0 fully saturated rings. The Morgan fingerprint density at radius 2 is 1.55 bits per heavy atom. The van der Waals surface area contributed by atoms with E-state index in [-0.39, 0.29) is 0 Å². The number of anilines is 2. The Kier molecular flexibility index (Phi) is 11.0. The van der Waals surface area contributed by atoms with E-state index in [2.05, 4.69) is 84.2 Å². The van der Waals surface area contributed by atoms with Crippen LogP contribution in [-0.4, -0.2) is 36.3 Å². The summed E-state index contributed by atoms with van der Waals surface area (Å²) in [5.41, 5.74) is 2.42. The fraction of sp³-hybridized carbons (Fsp3) is 0.308. The van der Waals surface area contributed by atoms with Crippen molar-refractivity contribution in [2.75, 3.05) is 36.4 Å². The van der Waals surface area contributed by atoms with Crippen molar-refractivity contribution in [1.82, 2.24) is 15.6 Å². The Morgan fingerprint density at radius 3 is 2.27 bits per heavy atom. The molecule has 0 bridgehead atoms. The molecule has 1 heterocycles. The summed E-state index contributed by atoms with van der Waals surface area (Å²) < 4.78 is 1.10. The molecule has 3 N–H and O–H groups in total. The monoisotopic (exact) mass is 525 g/mol. The van der Waals surface area contributed by atoms with Gasteiger partial charge < -0.3 is 20.9 Å². The number of para-hydroxylation sites is 1. The van der Waals surface area contributed by atoms with Crippen LogP contribution in [0.5, 0.6) is 0 Å². The van der Waals surface area contributed by atoms with Gasteiger partial charge in [-0.05, 0) is 73.4 Å². The van der Waals surface area contributed by atoms with Gasteiger partial charge in [0.25, 0.3) is 0 Å². The van der Waals surface area contributed by atoms with Gasteiger partial charge in [0.2, 0.25) is 0 Å². The molecule has 0 spiro atoms. The van der Waals surface area contributed by atoms with Crippen molar-refractivity contribution in [3.05, 3.63) is 89.0 Å². The molecular formula is C26H32BrN5S. The van der Waals surface area contributed by atoms with Crippen LogP contribution in [-0.2, 0) is 6.54 Å². The van der Waals surface area contributed by atoms with Gasteiger partial charge in [0, 0.05) is 49.1 Å². The molecule has 33 heavy (non-hydrogen) atoms. The topological polar surface area (TPSA) is 52.2 Å². The molecule has 0 unspecified atom stereocenters. The maximum absolute atomic E-state index is 5.41. The third-order valence-electron chi connectivity index (χ3n) is 5.14. The van der Waals surface area contributed by atoms with Gasteiger partial charge in [-0.15, -0.1) is 0 Å². The highest BCUT2D eigenvalue weighted by molar-refractivity contribution is 9.10. The lowest BCUT2D eigenvalue weighted by Gasteiger charge is -2.24. The summed E-state index contributed by atoms with van der Waals surface area (Å²) in [6.45, 7) is 4.42. The molecule has 2 aromatic carbocycles. The third-order valence-corrected chi connectivity index (χ3v) is 5.96. The van der Waals surface area contributed by atoms with E-state index in [4.69, 9.17) is 12.2 Å². The summed E-state index contributed by atoms with van der Waals surface area (Å²) in [6.07, 6.45) is 4.96. The number of nitrogens with one attached hydrogen (secondary N) is 3. The average molecular weight is 527 g/mol. The Balaban J connectivity index is 1.31. The highest BCUT2D eigenvalue weighted by atomic mass is 79.9. The molecule has 0 amide bonds. The minimum Gasteiger partial charge on any atom is -0.385 e. The number of thiocarbonyl (C=S) groups is 1. The standard InChI is InChI=1S/C26H32BrN5S/c27-23-14-12-22(13-15-23)21-32(25-11-4-5-16-29-25)20-7-6-17-30-26(33)31-19-8-18-28-24-9-2-1-3-10-24/h1-5,9-16,28H,6-8,17-21H2,(H2,30,31,33). The number of rotatable bonds is 13. The Morgan fingerprint density at radius 1 is 0.818 bits per heavy atom. The van der Waals surface area contributed by atoms with Crippen LogP contribution in [0, 0.1) is 0 Å². The maximum Gasteiger partial charge on any atom is 0.166 e. The molecule has 0 atom stereocenters. The molecule has 0 radical (unpaired) electrons. The van der Waals surface area contributed by atoms with E-state index in [9.17, 15) is 0 Å². The molecule has 0 saturated heterocycles. The highest BCUT2D eigenvalue weighted by Crippen LogP contribution is 2.17. The van der Waals surface area contributed by atoms with Crippen LogP contribution >= 0.6 is 28.1 Å². The third kappa shape index (κ3) is 9.80. The molecule has 0 aliphatic carbocycles. The van der Waals surface area contributed by atoms with E-state index in [0.717, 1.165) is 73.1 Å². The zero-order chi connectivity index (χ0) is 23.1. The molecule has 3 rings (SSSR count). The first-order chi connectivity index (χ1) is 16.2. The summed E-state index contributed by atoms with van der Waals surface area (Å²) in [5, 5.41) is 10.7. The van der Waals surface area contributed by atoms with E-state index in [1.165, 1.54) is 5.56 Å². The van der Waals surface area contributed by atoms with Crippen molar-refractivity contribution in [2.45, 2.75) is 25.8 Å². The molecule has 7 heteroatoms. The van der Waals surface area contributed by atoms with Crippen molar-refractivity contribution in [3.8, 4) is 0 Å². The van der Waals surface area contributed by atoms with Crippen LogP contribution in [0.2, 0.25) is 0 Å². The molecule has 0 saturated carbocycles. The normalized spacial score (nSPS) is 10.5. The molecule has 0 aliphatic rings. The van der Waals surface area contributed by atoms with E-state index >= 15 is 0 Å². The summed E-state index contributed by atoms with van der Waals surface area (Å²) >= 11 is 8.91. The molecule has 174 valence electrons. The van der Waals surface area contributed by atoms with Gasteiger partial charge in [0.1, 0.15) is 5.82 Å². The fourth-order valence-corrected chi connectivity index (χ4v) is 3.87. The Bertz CT molecular complexity index is 938. The molecule has 3 aromatic rings. The van der Waals surface area contributed by atoms with E-state index in [1.54, 1.807) is 0 Å². The van der Waals surface area contributed by atoms with Crippen molar-refractivity contribution in [1.29, 1.82) is 0 Å². The first-order valence-electron chi connectivity index (χ1n) is 11.4. The number of aromatic nitrogens is 1. The van der Waals surface area contributed by atoms with Crippen molar-refractivity contribution >= 4 is 44.8 Å². The van der Waals surface area contributed by atoms with Crippen molar-refractivity contribution in [3.63, 3.8) is 0 Å². The maximum atomic E-state index is 5.41. The minimum absolute atomic E-state index is 0.728. The van der Waals surface area contributed by atoms with Gasteiger partial charge in [-0.3, -0.25) is 0 Å². The van der Waals surface area contributed by atoms with Gasteiger partial charge in [0.15, 0.2) is 5.11 Å². The fourth-order valence-electron chi connectivity index (χ4n) is 3.40. The SMILES string of the molecule is S=C(NCCCCN(Cc1ccc(Br)cc1)c1ccccn1)NCCCNc1ccccc1. The predicted octanol–water partition coefficient (Wildman–Crippen LogP) is 5.60. The lowest BCUT2D eigenvalue weighted by Crippen LogP contribution is -2.37. The Hall–Kier alpha value is -2.64. The predicted molar refractivity (Wildman–Crippen MR) is 147 cm³/mol. The second-order valence-corrected chi connectivity index (χ2v) is 9.10. The molecule has 5 nitrogen and oxygen atoms in total. The Labute approximate surface area is 211 Å². The van der Waals surface area contributed by atoms with Crippen molar-refractivity contribution < 1.29 is 0 Å². The van der Waals surface area contributed by atoms with Crippen LogP contribution in [0.1, 0.15) is 24.8 Å². The zero-order valence-corrected chi connectivity index (χ0v) is 21.2. The van der Waals surface area contributed by atoms with Gasteiger partial charge >= 0.3 is 0 Å². The first kappa shape index (κ1) is 25.0. The second-order valence-electron chi connectivity index (χ2n) is 7.77. The lowest BCUT2D eigenvalue weighted by atomic mass is 10.2. The quantitative estimate of drug-likeness (QED) is 0.199. The number of benzene rings is 2. The van der Waals surface area contributed by atoms with Crippen molar-refractivity contribution in [2.24, 2.45) is 0 Å². The van der Waals surface area contributed by atoms with E-state index in [0.29, 0.717) is 0 Å². The summed E-state index contributed by atoms with van der Waals surface area (Å²) in [6, 6.07) is 24.8. The number of nitrogens with zero attached hydrogens (tertiary/aromatic N) is 2. The van der Waals surface area contributed by atoms with Crippen LogP contribution in [0.3, 0.4) is 0 Å². The molecular weight excluding hydrogens is 494 g/mol. The van der Waals surface area contributed by atoms with Crippen LogP contribution in [0.4, 0.5) is 11.5 Å². The highest BCUT2D eigenvalue weighted by Gasteiger charge is 2.08. The summed E-state index contributed by atoms with van der Waals surface area (Å²) in [7, 11) is 0. The number of pyridine rings is 1. The molecule has 1 aromatic heterocycles. The number of unbranched alkanes of at least 4 members (excludes halogenated alkanes) is 1. The largest absolute Gasteiger partial charge is 0.385 e. The van der Waals surface area contributed by atoms with Crippen LogP contribution < -0.4 is 20.9 Å². The summed E-state index contributed by atoms with van der Waals surface area (Å²) in [4.78, 5) is 6.89. The second kappa shape index (κ2) is 14.5. The van der Waals surface area contributed by atoms with Crippen LogP contribution in [0.25, 0.3) is 0 Å². The number of halogens is 1. The smallest absolute Gasteiger partial charge is 0.166 e. The number of hydrogen-bond acceptors (Lipinski definition) is 4. The minimum atomic E-state index is 0.728. The van der Waals surface area contributed by atoms with Gasteiger partial charge in [-0.1, -0.05) is 52.3 Å². The van der Waals surface area contributed by atoms with E-state index in [1.807, 2.05) is 36.5 Å². The zero-order valence-electron chi connectivity index (χ0n) is 18.8. The van der Waals surface area contributed by atoms with Gasteiger partial charge in [-0.2, -0.15) is 0 Å². The van der Waals surface area contributed by atoms with Gasteiger partial charge in [0.05, 0.1) is 0 Å². The average Bonchev–Trinajstić information content (AvgIpc) is 2.85. The number of hydrogen-bond donors (Lipinski definition) is 3. The first-order valence-corrected chi connectivity index (χ1v) is 12.6. The van der Waals surface area contributed by atoms with E-state index < -0.39 is 0 Å². The molecule has 0 aliphatic heterocycles. The van der Waals surface area contributed by atoms with Gasteiger partial charge in [-0.25, -0.2) is 4.98 Å².